The van der Waals surface area contributed by atoms with Gasteiger partial charge in [-0.2, -0.15) is 0 Å². The predicted octanol–water partition coefficient (Wildman–Crippen LogP) is 2.33. The maximum absolute atomic E-state index is 5.55. The number of hydrogen-bond acceptors (Lipinski definition) is 2. The van der Waals surface area contributed by atoms with Gasteiger partial charge in [-0.1, -0.05) is 0 Å². The van der Waals surface area contributed by atoms with Crippen molar-refractivity contribution in [2.75, 3.05) is 13.2 Å². The van der Waals surface area contributed by atoms with Crippen LogP contribution < -0.4 is 5.32 Å². The first-order valence-corrected chi connectivity index (χ1v) is 6.05. The summed E-state index contributed by atoms with van der Waals surface area (Å²) < 4.78 is 5.55. The van der Waals surface area contributed by atoms with Crippen molar-refractivity contribution in [3.63, 3.8) is 0 Å². The first kappa shape index (κ1) is 10.4. The Labute approximate surface area is 87.4 Å². The van der Waals surface area contributed by atoms with Crippen LogP contribution in [0.3, 0.4) is 0 Å². The molecule has 2 fully saturated rings. The highest BCUT2D eigenvalue weighted by Crippen LogP contribution is 2.31. The highest BCUT2D eigenvalue weighted by molar-refractivity contribution is 4.92. The second kappa shape index (κ2) is 4.19. The molecule has 0 spiro atoms. The molecule has 2 aliphatic rings. The Bertz CT molecular complexity index is 189. The SMILES string of the molecule is CC1CC(CNC2(C)CCC2)CCO1. The van der Waals surface area contributed by atoms with E-state index in [2.05, 4.69) is 19.2 Å². The molecule has 1 aliphatic carbocycles. The van der Waals surface area contributed by atoms with Crippen molar-refractivity contribution in [2.45, 2.75) is 57.6 Å². The topological polar surface area (TPSA) is 21.3 Å². The van der Waals surface area contributed by atoms with Crippen molar-refractivity contribution < 1.29 is 4.74 Å². The standard InChI is InChI=1S/C12H23NO/c1-10-8-11(4-7-14-10)9-13-12(2)5-3-6-12/h10-11,13H,3-9H2,1-2H3. The van der Waals surface area contributed by atoms with E-state index in [0.29, 0.717) is 11.6 Å². The molecule has 1 saturated heterocycles. The fourth-order valence-corrected chi connectivity index (χ4v) is 2.55. The molecule has 2 heteroatoms. The summed E-state index contributed by atoms with van der Waals surface area (Å²) in [5.41, 5.74) is 0.474. The maximum Gasteiger partial charge on any atom is 0.0550 e. The summed E-state index contributed by atoms with van der Waals surface area (Å²) in [4.78, 5) is 0. The van der Waals surface area contributed by atoms with Crippen molar-refractivity contribution in [2.24, 2.45) is 5.92 Å². The van der Waals surface area contributed by atoms with Gasteiger partial charge in [-0.15, -0.1) is 0 Å². The second-order valence-electron chi connectivity index (χ2n) is 5.37. The summed E-state index contributed by atoms with van der Waals surface area (Å²) in [5, 5.41) is 3.73. The molecule has 0 bridgehead atoms. The Hall–Kier alpha value is -0.0800. The van der Waals surface area contributed by atoms with Gasteiger partial charge in [0.05, 0.1) is 6.10 Å². The summed E-state index contributed by atoms with van der Waals surface area (Å²) in [6.07, 6.45) is 7.10. The molecule has 1 aliphatic heterocycles. The van der Waals surface area contributed by atoms with Crippen molar-refractivity contribution in [3.8, 4) is 0 Å². The lowest BCUT2D eigenvalue weighted by Crippen LogP contribution is -2.50. The molecule has 1 saturated carbocycles. The quantitative estimate of drug-likeness (QED) is 0.750. The molecular formula is C12H23NO. The molecule has 2 nitrogen and oxygen atoms in total. The minimum absolute atomic E-state index is 0.474. The zero-order valence-electron chi connectivity index (χ0n) is 9.51. The van der Waals surface area contributed by atoms with Crippen molar-refractivity contribution >= 4 is 0 Å². The van der Waals surface area contributed by atoms with Gasteiger partial charge >= 0.3 is 0 Å². The summed E-state index contributed by atoms with van der Waals surface area (Å²) in [6.45, 7) is 6.71. The van der Waals surface area contributed by atoms with Crippen LogP contribution in [0.1, 0.15) is 46.0 Å². The lowest BCUT2D eigenvalue weighted by Gasteiger charge is -2.41. The van der Waals surface area contributed by atoms with E-state index in [9.17, 15) is 0 Å². The van der Waals surface area contributed by atoms with Gasteiger partial charge in [-0.05, 0) is 58.4 Å². The van der Waals surface area contributed by atoms with Gasteiger partial charge in [-0.25, -0.2) is 0 Å². The van der Waals surface area contributed by atoms with E-state index in [1.807, 2.05) is 0 Å². The number of ether oxygens (including phenoxy) is 1. The summed E-state index contributed by atoms with van der Waals surface area (Å²) >= 11 is 0. The van der Waals surface area contributed by atoms with Gasteiger partial charge in [0.2, 0.25) is 0 Å². The van der Waals surface area contributed by atoms with Crippen LogP contribution in [0, 0.1) is 5.92 Å². The molecule has 2 unspecified atom stereocenters. The monoisotopic (exact) mass is 197 g/mol. The highest BCUT2D eigenvalue weighted by Gasteiger charge is 2.32. The third-order valence-electron chi connectivity index (χ3n) is 3.87. The van der Waals surface area contributed by atoms with Crippen molar-refractivity contribution in [1.82, 2.24) is 5.32 Å². The molecule has 0 aromatic carbocycles. The zero-order chi connectivity index (χ0) is 10.0. The van der Waals surface area contributed by atoms with E-state index in [4.69, 9.17) is 4.74 Å². The van der Waals surface area contributed by atoms with Gasteiger partial charge < -0.3 is 10.1 Å². The Kier molecular flexibility index (Phi) is 3.13. The van der Waals surface area contributed by atoms with E-state index >= 15 is 0 Å². The third-order valence-corrected chi connectivity index (χ3v) is 3.87. The minimum Gasteiger partial charge on any atom is -0.378 e. The van der Waals surface area contributed by atoms with E-state index in [0.717, 1.165) is 12.5 Å². The first-order valence-electron chi connectivity index (χ1n) is 6.05. The van der Waals surface area contributed by atoms with Crippen LogP contribution >= 0.6 is 0 Å². The van der Waals surface area contributed by atoms with Crippen LogP contribution in [0.15, 0.2) is 0 Å². The Morgan fingerprint density at radius 2 is 2.21 bits per heavy atom. The smallest absolute Gasteiger partial charge is 0.0550 e. The molecule has 0 amide bonds. The molecule has 1 heterocycles. The largest absolute Gasteiger partial charge is 0.378 e. The fraction of sp³-hybridized carbons (Fsp3) is 1.00. The van der Waals surface area contributed by atoms with Crippen LogP contribution in [-0.2, 0) is 4.74 Å². The van der Waals surface area contributed by atoms with Gasteiger partial charge in [0.15, 0.2) is 0 Å². The Morgan fingerprint density at radius 3 is 2.79 bits per heavy atom. The molecule has 14 heavy (non-hydrogen) atoms. The lowest BCUT2D eigenvalue weighted by molar-refractivity contribution is 0.0000869. The lowest BCUT2D eigenvalue weighted by atomic mass is 9.78. The van der Waals surface area contributed by atoms with E-state index in [1.54, 1.807) is 0 Å². The summed E-state index contributed by atoms with van der Waals surface area (Å²) in [6, 6.07) is 0. The highest BCUT2D eigenvalue weighted by atomic mass is 16.5. The fourth-order valence-electron chi connectivity index (χ4n) is 2.55. The van der Waals surface area contributed by atoms with E-state index < -0.39 is 0 Å². The molecule has 1 N–H and O–H groups in total. The zero-order valence-corrected chi connectivity index (χ0v) is 9.51. The van der Waals surface area contributed by atoms with Gasteiger partial charge in [0, 0.05) is 12.1 Å². The minimum atomic E-state index is 0.474. The van der Waals surface area contributed by atoms with Gasteiger partial charge in [0.25, 0.3) is 0 Å². The average Bonchev–Trinajstić information content (AvgIpc) is 2.12. The molecular weight excluding hydrogens is 174 g/mol. The number of rotatable bonds is 3. The molecule has 82 valence electrons. The maximum atomic E-state index is 5.55. The van der Waals surface area contributed by atoms with Crippen LogP contribution in [-0.4, -0.2) is 24.8 Å². The van der Waals surface area contributed by atoms with Gasteiger partial charge in [0.1, 0.15) is 0 Å². The van der Waals surface area contributed by atoms with E-state index in [-0.39, 0.29) is 0 Å². The van der Waals surface area contributed by atoms with Crippen LogP contribution in [0.4, 0.5) is 0 Å². The van der Waals surface area contributed by atoms with Crippen molar-refractivity contribution in [3.05, 3.63) is 0 Å². The molecule has 0 aromatic rings. The van der Waals surface area contributed by atoms with Crippen LogP contribution in [0.25, 0.3) is 0 Å². The van der Waals surface area contributed by atoms with E-state index in [1.165, 1.54) is 38.6 Å². The Balaban J connectivity index is 1.69. The molecule has 0 radical (unpaired) electrons. The normalized spacial score (nSPS) is 36.4. The number of hydrogen-bond donors (Lipinski definition) is 1. The summed E-state index contributed by atoms with van der Waals surface area (Å²) in [5.74, 6) is 0.844. The first-order chi connectivity index (χ1) is 6.68. The molecule has 0 aromatic heterocycles. The van der Waals surface area contributed by atoms with Crippen LogP contribution in [0.5, 0.6) is 0 Å². The third kappa shape index (κ3) is 2.48. The summed E-state index contributed by atoms with van der Waals surface area (Å²) in [7, 11) is 0. The second-order valence-corrected chi connectivity index (χ2v) is 5.37. The molecule has 2 rings (SSSR count). The van der Waals surface area contributed by atoms with Crippen LogP contribution in [0.2, 0.25) is 0 Å². The predicted molar refractivity (Wildman–Crippen MR) is 58.4 cm³/mol. The number of nitrogens with one attached hydrogen (secondary N) is 1. The molecule has 2 atom stereocenters. The van der Waals surface area contributed by atoms with Crippen molar-refractivity contribution in [1.29, 1.82) is 0 Å². The Morgan fingerprint density at radius 1 is 1.43 bits per heavy atom. The van der Waals surface area contributed by atoms with Gasteiger partial charge in [-0.3, -0.25) is 0 Å². The average molecular weight is 197 g/mol.